The molecular weight excluding hydrogens is 382 g/mol. The topological polar surface area (TPSA) is 92.0 Å². The monoisotopic (exact) mass is 401 g/mol. The fourth-order valence-electron chi connectivity index (χ4n) is 3.28. The minimum atomic E-state index is -0.570. The van der Waals surface area contributed by atoms with E-state index in [0.29, 0.717) is 22.8 Å². The Morgan fingerprint density at radius 1 is 1.40 bits per heavy atom. The first kappa shape index (κ1) is 20.6. The van der Waals surface area contributed by atoms with Crippen molar-refractivity contribution in [2.75, 3.05) is 13.7 Å². The number of terminal acetylenes is 1. The molecule has 0 radical (unpaired) electrons. The highest BCUT2D eigenvalue weighted by Crippen LogP contribution is 2.33. The lowest BCUT2D eigenvalue weighted by Crippen LogP contribution is -2.41. The number of benzene rings is 1. The first-order valence-corrected chi connectivity index (χ1v) is 9.16. The Kier molecular flexibility index (Phi) is 6.14. The molecular formula is C23H19N3O4. The minimum Gasteiger partial charge on any atom is -0.493 e. The van der Waals surface area contributed by atoms with Crippen molar-refractivity contribution in [1.29, 1.82) is 5.26 Å². The molecule has 0 saturated heterocycles. The predicted molar refractivity (Wildman–Crippen MR) is 111 cm³/mol. The fourth-order valence-corrected chi connectivity index (χ4v) is 3.28. The summed E-state index contributed by atoms with van der Waals surface area (Å²) in [6, 6.07) is 6.90. The van der Waals surface area contributed by atoms with Crippen molar-refractivity contribution in [2.45, 2.75) is 6.92 Å². The number of hydrogen-bond acceptors (Lipinski definition) is 5. The number of fused-ring (bicyclic) bond motifs is 1. The third-order valence-electron chi connectivity index (χ3n) is 4.75. The molecule has 30 heavy (non-hydrogen) atoms. The third-order valence-corrected chi connectivity index (χ3v) is 4.75. The zero-order valence-electron chi connectivity index (χ0n) is 16.5. The van der Waals surface area contributed by atoms with Crippen LogP contribution in [-0.4, -0.2) is 36.8 Å². The van der Waals surface area contributed by atoms with Gasteiger partial charge in [0.05, 0.1) is 13.0 Å². The number of carbonyl (C=O) groups is 2. The predicted octanol–water partition coefficient (Wildman–Crippen LogP) is 2.72. The van der Waals surface area contributed by atoms with Crippen LogP contribution in [0.1, 0.15) is 12.5 Å². The van der Waals surface area contributed by atoms with E-state index in [-0.39, 0.29) is 24.0 Å². The Hall–Kier alpha value is -4.10. The summed E-state index contributed by atoms with van der Waals surface area (Å²) in [4.78, 5) is 30.3. The summed E-state index contributed by atoms with van der Waals surface area (Å²) < 4.78 is 10.7. The molecule has 1 aromatic carbocycles. The van der Waals surface area contributed by atoms with Crippen LogP contribution in [0, 0.1) is 35.5 Å². The van der Waals surface area contributed by atoms with Gasteiger partial charge in [0.15, 0.2) is 11.5 Å². The molecule has 2 amide bonds. The summed E-state index contributed by atoms with van der Waals surface area (Å²) in [6.07, 6.45) is 13.2. The molecule has 2 aliphatic rings. The lowest BCUT2D eigenvalue weighted by Gasteiger charge is -2.33. The number of ether oxygens (including phenoxy) is 2. The number of nitriles is 1. The number of methoxy groups -OCH3 is 1. The summed E-state index contributed by atoms with van der Waals surface area (Å²) in [5.41, 5.74) is 0.959. The van der Waals surface area contributed by atoms with Crippen molar-refractivity contribution in [2.24, 2.45) is 16.8 Å². The maximum Gasteiger partial charge on any atom is 0.273 e. The van der Waals surface area contributed by atoms with E-state index in [1.54, 1.807) is 30.4 Å². The van der Waals surface area contributed by atoms with Crippen LogP contribution in [0.25, 0.3) is 6.08 Å². The molecule has 0 spiro atoms. The Labute approximate surface area is 174 Å². The van der Waals surface area contributed by atoms with E-state index in [9.17, 15) is 14.9 Å². The number of carbonyl (C=O) groups excluding carboxylic acids is 2. The summed E-state index contributed by atoms with van der Waals surface area (Å²) in [7, 11) is 1.48. The second-order valence-electron chi connectivity index (χ2n) is 6.64. The van der Waals surface area contributed by atoms with E-state index in [1.807, 2.05) is 19.1 Å². The van der Waals surface area contributed by atoms with Gasteiger partial charge >= 0.3 is 0 Å². The molecule has 1 aromatic rings. The molecule has 2 atom stereocenters. The molecule has 7 heteroatoms. The molecule has 0 N–H and O–H groups in total. The van der Waals surface area contributed by atoms with Gasteiger partial charge in [-0.1, -0.05) is 31.1 Å². The van der Waals surface area contributed by atoms with E-state index in [4.69, 9.17) is 15.9 Å². The molecule has 0 aromatic heterocycles. The maximum atomic E-state index is 13.1. The Bertz CT molecular complexity index is 1080. The molecule has 1 aliphatic heterocycles. The van der Waals surface area contributed by atoms with Crippen molar-refractivity contribution < 1.29 is 19.1 Å². The smallest absolute Gasteiger partial charge is 0.273 e. The summed E-state index contributed by atoms with van der Waals surface area (Å²) in [5.74, 6) is 1.73. The second-order valence-corrected chi connectivity index (χ2v) is 6.64. The van der Waals surface area contributed by atoms with Gasteiger partial charge in [-0.25, -0.2) is 4.99 Å². The van der Waals surface area contributed by atoms with Gasteiger partial charge in [-0.3, -0.25) is 14.5 Å². The molecule has 1 heterocycles. The van der Waals surface area contributed by atoms with E-state index >= 15 is 0 Å². The van der Waals surface area contributed by atoms with Crippen molar-refractivity contribution in [3.8, 4) is 29.9 Å². The van der Waals surface area contributed by atoms with Crippen molar-refractivity contribution in [1.82, 2.24) is 4.90 Å². The standard InChI is InChI=1S/C23H19N3O4/c1-4-10-30-19-9-8-16(12-20(19)29-3)11-17(13-24)23(28)26-14-25-22(27)21-15(2)6-5-7-18(21)26/h1,5-9,11-12,14-15,21H,10H2,2-3H3/b17-11+. The van der Waals surface area contributed by atoms with Crippen LogP contribution in [0.15, 0.2) is 52.7 Å². The highest BCUT2D eigenvalue weighted by atomic mass is 16.5. The summed E-state index contributed by atoms with van der Waals surface area (Å²) in [5, 5.41) is 9.60. The van der Waals surface area contributed by atoms with Crippen LogP contribution in [0.3, 0.4) is 0 Å². The number of rotatable bonds is 5. The van der Waals surface area contributed by atoms with Gasteiger partial charge in [0, 0.05) is 5.70 Å². The van der Waals surface area contributed by atoms with E-state index in [1.165, 1.54) is 24.4 Å². The normalized spacial score (nSPS) is 20.0. The highest BCUT2D eigenvalue weighted by molar-refractivity contribution is 6.10. The number of amides is 2. The lowest BCUT2D eigenvalue weighted by atomic mass is 9.85. The quantitative estimate of drug-likeness (QED) is 0.430. The van der Waals surface area contributed by atoms with Gasteiger partial charge in [0.25, 0.3) is 11.8 Å². The molecule has 0 saturated carbocycles. The number of allylic oxidation sites excluding steroid dienone is 3. The first-order valence-electron chi connectivity index (χ1n) is 9.16. The third kappa shape index (κ3) is 4.01. The van der Waals surface area contributed by atoms with Crippen molar-refractivity contribution >= 4 is 24.2 Å². The molecule has 0 bridgehead atoms. The summed E-state index contributed by atoms with van der Waals surface area (Å²) in [6.45, 7) is 1.97. The van der Waals surface area contributed by atoms with Gasteiger partial charge in [0.1, 0.15) is 24.6 Å². The molecule has 2 unspecified atom stereocenters. The zero-order valence-corrected chi connectivity index (χ0v) is 16.5. The number of nitrogens with zero attached hydrogens (tertiary/aromatic N) is 3. The average Bonchev–Trinajstić information content (AvgIpc) is 2.76. The van der Waals surface area contributed by atoms with Gasteiger partial charge in [-0.05, 0) is 35.8 Å². The van der Waals surface area contributed by atoms with Crippen LogP contribution in [0.4, 0.5) is 0 Å². The largest absolute Gasteiger partial charge is 0.493 e. The van der Waals surface area contributed by atoms with Crippen LogP contribution in [0.5, 0.6) is 11.5 Å². The molecule has 150 valence electrons. The van der Waals surface area contributed by atoms with Crippen LogP contribution in [0.2, 0.25) is 0 Å². The summed E-state index contributed by atoms with van der Waals surface area (Å²) >= 11 is 0. The lowest BCUT2D eigenvalue weighted by molar-refractivity contribution is -0.125. The fraction of sp³-hybridized carbons (Fsp3) is 0.217. The Balaban J connectivity index is 1.92. The van der Waals surface area contributed by atoms with Crippen LogP contribution < -0.4 is 9.47 Å². The van der Waals surface area contributed by atoms with Crippen molar-refractivity contribution in [3.63, 3.8) is 0 Å². The van der Waals surface area contributed by atoms with Crippen molar-refractivity contribution in [3.05, 3.63) is 53.3 Å². The SMILES string of the molecule is C#CCOc1ccc(/C=C(\C#N)C(=O)N2C=NC(=O)C3C2=CC=CC3C)cc1OC. The zero-order chi connectivity index (χ0) is 21.7. The van der Waals surface area contributed by atoms with Crippen LogP contribution >= 0.6 is 0 Å². The molecule has 1 aliphatic carbocycles. The van der Waals surface area contributed by atoms with Gasteiger partial charge in [-0.2, -0.15) is 5.26 Å². The maximum absolute atomic E-state index is 13.1. The van der Waals surface area contributed by atoms with E-state index in [0.717, 1.165) is 0 Å². The highest BCUT2D eigenvalue weighted by Gasteiger charge is 2.37. The molecule has 3 rings (SSSR count). The van der Waals surface area contributed by atoms with Gasteiger partial charge < -0.3 is 9.47 Å². The number of hydrogen-bond donors (Lipinski definition) is 0. The number of aliphatic imine (C=N–C) groups is 1. The first-order chi connectivity index (χ1) is 14.5. The van der Waals surface area contributed by atoms with Gasteiger partial charge in [0.2, 0.25) is 0 Å². The van der Waals surface area contributed by atoms with E-state index < -0.39 is 11.8 Å². The van der Waals surface area contributed by atoms with Gasteiger partial charge in [-0.15, -0.1) is 6.42 Å². The molecule has 7 nitrogen and oxygen atoms in total. The van der Waals surface area contributed by atoms with E-state index in [2.05, 4.69) is 10.9 Å². The Morgan fingerprint density at radius 3 is 2.90 bits per heavy atom. The molecule has 0 fully saturated rings. The van der Waals surface area contributed by atoms with Crippen LogP contribution in [-0.2, 0) is 9.59 Å². The second kappa shape index (κ2) is 8.93. The minimum absolute atomic E-state index is 0.0869. The average molecular weight is 401 g/mol. The Morgan fingerprint density at radius 2 is 2.20 bits per heavy atom.